The first-order chi connectivity index (χ1) is 29.8. The Hall–Kier alpha value is -4.60. The molecule has 1 aliphatic carbocycles. The highest BCUT2D eigenvalue weighted by atomic mass is 31.2. The summed E-state index contributed by atoms with van der Waals surface area (Å²) in [6.07, 6.45) is 3.50. The van der Waals surface area contributed by atoms with Gasteiger partial charge in [-0.2, -0.15) is 0 Å². The first-order valence-electron chi connectivity index (χ1n) is 21.0. The first-order valence-corrected chi connectivity index (χ1v) is 26.2. The Balaban J connectivity index is 1.18. The van der Waals surface area contributed by atoms with Gasteiger partial charge in [-0.15, -0.1) is 0 Å². The van der Waals surface area contributed by atoms with Crippen molar-refractivity contribution in [2.75, 3.05) is 6.54 Å². The van der Waals surface area contributed by atoms with Crippen LogP contribution in [0.4, 0.5) is 0 Å². The van der Waals surface area contributed by atoms with Gasteiger partial charge in [0.2, 0.25) is 0 Å². The predicted octanol–water partition coefficient (Wildman–Crippen LogP) is 11.0. The molecule has 0 aliphatic heterocycles. The summed E-state index contributed by atoms with van der Waals surface area (Å²) >= 11 is 0. The summed E-state index contributed by atoms with van der Waals surface area (Å²) in [5.74, 6) is 0.513. The fraction of sp³-hybridized carbons (Fsp3) is 0.111. The van der Waals surface area contributed by atoms with E-state index in [2.05, 4.69) is 252 Å². The first kappa shape index (κ1) is 40.8. The largest absolute Gasteiger partial charge is 0.244 e. The summed E-state index contributed by atoms with van der Waals surface area (Å²) in [7, 11) is -3.45. The van der Waals surface area contributed by atoms with Crippen LogP contribution in [0.3, 0.4) is 0 Å². The minimum Gasteiger partial charge on any atom is -0.244 e. The molecule has 8 aromatic rings. The quantitative estimate of drug-likeness (QED) is 0.0949. The van der Waals surface area contributed by atoms with Gasteiger partial charge in [-0.3, -0.25) is 0 Å². The van der Waals surface area contributed by atoms with Crippen LogP contribution in [0.1, 0.15) is 19.3 Å². The standard InChI is InChI=1S/C54H50N2P4/c1-9-25-47(26-10-1)57(48-27-11-2-12-28-48)55(58(49-29-13-3-14-30-49)50-31-15-4-16-32-50)44-45-41-42-46(43-45)56(59(51-33-17-5-18-34-51)52-35-19-6-20-36-52)60(53-37-21-7-22-38-53)54-39-23-8-24-40-54/h1-40,45-46H,41-44H2. The molecule has 1 aliphatic rings. The molecule has 0 amide bonds. The van der Waals surface area contributed by atoms with E-state index < -0.39 is 32.3 Å². The van der Waals surface area contributed by atoms with E-state index >= 15 is 0 Å². The Morgan fingerprint density at radius 3 is 0.783 bits per heavy atom. The Morgan fingerprint density at radius 1 is 0.300 bits per heavy atom. The van der Waals surface area contributed by atoms with Crippen LogP contribution in [0.5, 0.6) is 0 Å². The van der Waals surface area contributed by atoms with E-state index in [1.165, 1.54) is 55.3 Å². The molecule has 0 N–H and O–H groups in total. The number of hydrogen-bond acceptors (Lipinski definition) is 2. The van der Waals surface area contributed by atoms with E-state index in [0.29, 0.717) is 12.0 Å². The van der Waals surface area contributed by atoms with Crippen molar-refractivity contribution in [1.29, 1.82) is 0 Å². The maximum atomic E-state index is 3.04. The fourth-order valence-electron chi connectivity index (χ4n) is 8.48. The zero-order valence-electron chi connectivity index (χ0n) is 33.8. The minimum absolute atomic E-state index is 0.397. The van der Waals surface area contributed by atoms with Crippen LogP contribution >= 0.6 is 32.3 Å². The Kier molecular flexibility index (Phi) is 13.8. The molecule has 2 atom stereocenters. The van der Waals surface area contributed by atoms with Crippen molar-refractivity contribution in [3.8, 4) is 0 Å². The van der Waals surface area contributed by atoms with Gasteiger partial charge in [-0.1, -0.05) is 243 Å². The van der Waals surface area contributed by atoms with Crippen LogP contribution in [0.25, 0.3) is 0 Å². The zero-order valence-corrected chi connectivity index (χ0v) is 37.3. The average molecular weight is 851 g/mol. The molecule has 2 nitrogen and oxygen atoms in total. The van der Waals surface area contributed by atoms with Crippen molar-refractivity contribution in [2.45, 2.75) is 25.3 Å². The highest BCUT2D eigenvalue weighted by Gasteiger charge is 2.42. The SMILES string of the molecule is c1ccc(P(c2ccccc2)N(CC2CCC(N(P(c3ccccc3)c3ccccc3)P(c3ccccc3)c3ccccc3)C2)P(c2ccccc2)c2ccccc2)cc1. The lowest BCUT2D eigenvalue weighted by Crippen LogP contribution is -2.38. The molecule has 0 spiro atoms. The van der Waals surface area contributed by atoms with E-state index in [1.54, 1.807) is 0 Å². The van der Waals surface area contributed by atoms with Crippen LogP contribution in [-0.4, -0.2) is 21.5 Å². The van der Waals surface area contributed by atoms with Gasteiger partial charge in [-0.25, -0.2) is 8.88 Å². The summed E-state index contributed by atoms with van der Waals surface area (Å²) in [5.41, 5.74) is 0. The van der Waals surface area contributed by atoms with Gasteiger partial charge in [0.05, 0.1) is 0 Å². The lowest BCUT2D eigenvalue weighted by atomic mass is 10.1. The normalized spacial score (nSPS) is 15.4. The van der Waals surface area contributed by atoms with Gasteiger partial charge < -0.3 is 0 Å². The third-order valence-electron chi connectivity index (χ3n) is 11.1. The van der Waals surface area contributed by atoms with E-state index in [-0.39, 0.29) is 0 Å². The van der Waals surface area contributed by atoms with Crippen molar-refractivity contribution in [3.63, 3.8) is 0 Å². The number of hydrogen-bond donors (Lipinski definition) is 0. The maximum Gasteiger partial charge on any atom is 0.0325 e. The van der Waals surface area contributed by atoms with Crippen LogP contribution in [0.15, 0.2) is 243 Å². The summed E-state index contributed by atoms with van der Waals surface area (Å²) in [4.78, 5) is 0. The molecular weight excluding hydrogens is 801 g/mol. The molecule has 0 aromatic heterocycles. The summed E-state index contributed by atoms with van der Waals surface area (Å²) in [6.45, 7) is 1.03. The number of nitrogens with zero attached hydrogens (tertiary/aromatic N) is 2. The molecule has 1 fully saturated rings. The molecule has 8 aromatic carbocycles. The third kappa shape index (κ3) is 9.47. The van der Waals surface area contributed by atoms with E-state index in [0.717, 1.165) is 13.0 Å². The van der Waals surface area contributed by atoms with Gasteiger partial charge in [0, 0.05) is 44.9 Å². The van der Waals surface area contributed by atoms with Crippen LogP contribution in [0.2, 0.25) is 0 Å². The lowest BCUT2D eigenvalue weighted by molar-refractivity contribution is 0.442. The molecular formula is C54H50N2P4. The summed E-state index contributed by atoms with van der Waals surface area (Å²) in [6, 6.07) is 91.4. The smallest absolute Gasteiger partial charge is 0.0325 e. The van der Waals surface area contributed by atoms with Crippen molar-refractivity contribution in [1.82, 2.24) is 8.88 Å². The average Bonchev–Trinajstić information content (AvgIpc) is 3.80. The fourth-order valence-corrected chi connectivity index (χ4v) is 21.1. The van der Waals surface area contributed by atoms with Gasteiger partial charge in [0.1, 0.15) is 0 Å². The molecule has 6 heteroatoms. The monoisotopic (exact) mass is 850 g/mol. The van der Waals surface area contributed by atoms with Gasteiger partial charge in [-0.05, 0) is 67.6 Å². The topological polar surface area (TPSA) is 6.48 Å². The number of benzene rings is 8. The highest BCUT2D eigenvalue weighted by molar-refractivity contribution is 7.85. The molecule has 0 radical (unpaired) electrons. The Bertz CT molecular complexity index is 2140. The Morgan fingerprint density at radius 2 is 0.533 bits per heavy atom. The molecule has 60 heavy (non-hydrogen) atoms. The molecule has 0 heterocycles. The highest BCUT2D eigenvalue weighted by Crippen LogP contribution is 2.60. The Labute approximate surface area is 362 Å². The number of rotatable bonds is 15. The second-order valence-corrected chi connectivity index (χ2v) is 24.2. The molecule has 0 bridgehead atoms. The predicted molar refractivity (Wildman–Crippen MR) is 266 cm³/mol. The third-order valence-corrected chi connectivity index (χ3v) is 22.3. The second-order valence-electron chi connectivity index (χ2n) is 15.1. The van der Waals surface area contributed by atoms with Crippen molar-refractivity contribution >= 4 is 74.7 Å². The van der Waals surface area contributed by atoms with Crippen LogP contribution in [0, 0.1) is 5.92 Å². The van der Waals surface area contributed by atoms with E-state index in [9.17, 15) is 0 Å². The van der Waals surface area contributed by atoms with Gasteiger partial charge in [0.15, 0.2) is 0 Å². The van der Waals surface area contributed by atoms with Crippen molar-refractivity contribution in [3.05, 3.63) is 243 Å². The van der Waals surface area contributed by atoms with Crippen LogP contribution in [-0.2, 0) is 0 Å². The van der Waals surface area contributed by atoms with Gasteiger partial charge >= 0.3 is 0 Å². The van der Waals surface area contributed by atoms with Crippen molar-refractivity contribution < 1.29 is 0 Å². The van der Waals surface area contributed by atoms with Crippen LogP contribution < -0.4 is 42.4 Å². The minimum atomic E-state index is -0.864. The molecule has 0 saturated heterocycles. The lowest BCUT2D eigenvalue weighted by Gasteiger charge is -2.43. The second kappa shape index (κ2) is 20.3. The zero-order chi connectivity index (χ0) is 40.4. The van der Waals surface area contributed by atoms with Crippen molar-refractivity contribution in [2.24, 2.45) is 5.92 Å². The molecule has 296 valence electrons. The summed E-state index contributed by atoms with van der Waals surface area (Å²) < 4.78 is 6.02. The maximum absolute atomic E-state index is 3.04. The molecule has 9 rings (SSSR count). The van der Waals surface area contributed by atoms with E-state index in [4.69, 9.17) is 0 Å². The molecule has 1 saturated carbocycles. The van der Waals surface area contributed by atoms with Gasteiger partial charge in [0.25, 0.3) is 0 Å². The summed E-state index contributed by atoms with van der Waals surface area (Å²) in [5, 5.41) is 11.3. The van der Waals surface area contributed by atoms with E-state index in [1.807, 2.05) is 0 Å². The molecule has 2 unspecified atom stereocenters.